The van der Waals surface area contributed by atoms with E-state index in [-0.39, 0.29) is 5.78 Å². The van der Waals surface area contributed by atoms with E-state index in [1.54, 1.807) is 0 Å². The minimum atomic E-state index is -0.491. The molecule has 0 aromatic rings. The summed E-state index contributed by atoms with van der Waals surface area (Å²) < 4.78 is 11.2. The van der Waals surface area contributed by atoms with Gasteiger partial charge in [0.25, 0.3) is 0 Å². The lowest BCUT2D eigenvalue weighted by molar-refractivity contribution is -0.148. The second-order valence-corrected chi connectivity index (χ2v) is 5.49. The topological polar surface area (TPSA) is 35.5 Å². The SMILES string of the molecule is CC1(C(=O)CCCC2CCCO2)CCCCO1. The molecular formula is C14H24O3. The zero-order chi connectivity index (χ0) is 12.1. The molecule has 0 bridgehead atoms. The van der Waals surface area contributed by atoms with E-state index in [0.717, 1.165) is 45.3 Å². The van der Waals surface area contributed by atoms with Crippen LogP contribution < -0.4 is 0 Å². The molecule has 17 heavy (non-hydrogen) atoms. The smallest absolute Gasteiger partial charge is 0.164 e. The van der Waals surface area contributed by atoms with Crippen molar-refractivity contribution < 1.29 is 14.3 Å². The molecule has 0 N–H and O–H groups in total. The molecule has 2 rings (SSSR count). The van der Waals surface area contributed by atoms with Gasteiger partial charge in [0.1, 0.15) is 5.60 Å². The Bertz CT molecular complexity index is 250. The third kappa shape index (κ3) is 3.52. The van der Waals surface area contributed by atoms with Crippen LogP contribution in [0.25, 0.3) is 0 Å². The number of carbonyl (C=O) groups is 1. The van der Waals surface area contributed by atoms with Gasteiger partial charge in [-0.05, 0) is 51.9 Å². The Balaban J connectivity index is 1.68. The molecular weight excluding hydrogens is 216 g/mol. The van der Waals surface area contributed by atoms with E-state index in [1.807, 2.05) is 6.92 Å². The fourth-order valence-electron chi connectivity index (χ4n) is 2.78. The summed E-state index contributed by atoms with van der Waals surface area (Å²) in [7, 11) is 0. The first kappa shape index (κ1) is 13.0. The normalized spacial score (nSPS) is 33.8. The van der Waals surface area contributed by atoms with Crippen LogP contribution in [-0.4, -0.2) is 30.7 Å². The van der Waals surface area contributed by atoms with Crippen LogP contribution in [0.15, 0.2) is 0 Å². The monoisotopic (exact) mass is 240 g/mol. The summed E-state index contributed by atoms with van der Waals surface area (Å²) in [5, 5.41) is 0. The molecule has 0 radical (unpaired) electrons. The van der Waals surface area contributed by atoms with Crippen molar-refractivity contribution in [3.8, 4) is 0 Å². The quantitative estimate of drug-likeness (QED) is 0.741. The Kier molecular flexibility index (Phi) is 4.57. The minimum absolute atomic E-state index is 0.287. The number of hydrogen-bond donors (Lipinski definition) is 0. The van der Waals surface area contributed by atoms with Gasteiger partial charge in [-0.3, -0.25) is 4.79 Å². The molecule has 2 aliphatic rings. The van der Waals surface area contributed by atoms with E-state index >= 15 is 0 Å². The van der Waals surface area contributed by atoms with Crippen molar-refractivity contribution in [3.05, 3.63) is 0 Å². The molecule has 2 unspecified atom stereocenters. The van der Waals surface area contributed by atoms with Crippen molar-refractivity contribution in [2.45, 2.75) is 70.0 Å². The summed E-state index contributed by atoms with van der Waals surface area (Å²) in [6.45, 7) is 3.61. The first-order chi connectivity index (χ1) is 8.21. The number of rotatable bonds is 5. The number of carbonyl (C=O) groups excluding carboxylic acids is 1. The Morgan fingerprint density at radius 1 is 1.29 bits per heavy atom. The molecule has 0 aliphatic carbocycles. The molecule has 2 fully saturated rings. The second kappa shape index (κ2) is 5.96. The third-order valence-corrected chi connectivity index (χ3v) is 4.01. The van der Waals surface area contributed by atoms with Crippen LogP contribution in [0.5, 0.6) is 0 Å². The maximum absolute atomic E-state index is 12.1. The van der Waals surface area contributed by atoms with Gasteiger partial charge in [0.05, 0.1) is 6.10 Å². The van der Waals surface area contributed by atoms with Gasteiger partial charge in [0.15, 0.2) is 5.78 Å². The zero-order valence-corrected chi connectivity index (χ0v) is 10.9. The van der Waals surface area contributed by atoms with E-state index in [2.05, 4.69) is 0 Å². The standard InChI is InChI=1S/C14H24O3/c1-14(9-2-3-11-17-14)13(15)8-4-6-12-7-5-10-16-12/h12H,2-11H2,1H3. The van der Waals surface area contributed by atoms with E-state index < -0.39 is 5.60 Å². The lowest BCUT2D eigenvalue weighted by atomic mass is 9.88. The molecule has 2 heterocycles. The maximum Gasteiger partial charge on any atom is 0.164 e. The Morgan fingerprint density at radius 2 is 2.18 bits per heavy atom. The molecule has 0 aromatic carbocycles. The highest BCUT2D eigenvalue weighted by molar-refractivity contribution is 5.86. The van der Waals surface area contributed by atoms with Crippen molar-refractivity contribution in [1.82, 2.24) is 0 Å². The molecule has 2 atom stereocenters. The first-order valence-electron chi connectivity index (χ1n) is 6.99. The molecule has 3 nitrogen and oxygen atoms in total. The van der Waals surface area contributed by atoms with Crippen molar-refractivity contribution in [2.75, 3.05) is 13.2 Å². The van der Waals surface area contributed by atoms with Crippen molar-refractivity contribution in [3.63, 3.8) is 0 Å². The van der Waals surface area contributed by atoms with Gasteiger partial charge < -0.3 is 9.47 Å². The van der Waals surface area contributed by atoms with Gasteiger partial charge in [-0.1, -0.05) is 0 Å². The van der Waals surface area contributed by atoms with E-state index in [4.69, 9.17) is 9.47 Å². The summed E-state index contributed by atoms with van der Waals surface area (Å²) in [5.41, 5.74) is -0.491. The fraction of sp³-hybridized carbons (Fsp3) is 0.929. The molecule has 0 aromatic heterocycles. The summed E-state index contributed by atoms with van der Waals surface area (Å²) in [6, 6.07) is 0. The van der Waals surface area contributed by atoms with E-state index in [1.165, 1.54) is 12.8 Å². The molecule has 2 aliphatic heterocycles. The van der Waals surface area contributed by atoms with Gasteiger partial charge in [-0.15, -0.1) is 0 Å². The lowest BCUT2D eigenvalue weighted by Gasteiger charge is -2.32. The van der Waals surface area contributed by atoms with Crippen LogP contribution in [0.1, 0.15) is 58.3 Å². The van der Waals surface area contributed by atoms with Crippen LogP contribution in [0, 0.1) is 0 Å². The van der Waals surface area contributed by atoms with Crippen molar-refractivity contribution >= 4 is 5.78 Å². The van der Waals surface area contributed by atoms with Crippen LogP contribution in [0.4, 0.5) is 0 Å². The number of Topliss-reactive ketones (excluding diaryl/α,β-unsaturated/α-hetero) is 1. The summed E-state index contributed by atoms with van der Waals surface area (Å²) in [6.07, 6.45) is 8.49. The number of hydrogen-bond acceptors (Lipinski definition) is 3. The fourth-order valence-corrected chi connectivity index (χ4v) is 2.78. The molecule has 0 amide bonds. The Hall–Kier alpha value is -0.410. The Morgan fingerprint density at radius 3 is 2.82 bits per heavy atom. The minimum Gasteiger partial charge on any atom is -0.378 e. The summed E-state index contributed by atoms with van der Waals surface area (Å²) in [4.78, 5) is 12.1. The van der Waals surface area contributed by atoms with Crippen molar-refractivity contribution in [1.29, 1.82) is 0 Å². The highest BCUT2D eigenvalue weighted by Crippen LogP contribution is 2.27. The van der Waals surface area contributed by atoms with E-state index in [0.29, 0.717) is 12.5 Å². The molecule has 98 valence electrons. The van der Waals surface area contributed by atoms with Crippen LogP contribution in [-0.2, 0) is 14.3 Å². The molecule has 0 spiro atoms. The van der Waals surface area contributed by atoms with Crippen LogP contribution >= 0.6 is 0 Å². The van der Waals surface area contributed by atoms with Gasteiger partial charge in [-0.25, -0.2) is 0 Å². The van der Waals surface area contributed by atoms with E-state index in [9.17, 15) is 4.79 Å². The number of ether oxygens (including phenoxy) is 2. The largest absolute Gasteiger partial charge is 0.378 e. The predicted octanol–water partition coefficient (Wildman–Crippen LogP) is 2.86. The van der Waals surface area contributed by atoms with Gasteiger partial charge in [-0.2, -0.15) is 0 Å². The first-order valence-corrected chi connectivity index (χ1v) is 6.99. The Labute approximate surface area is 104 Å². The molecule has 2 saturated heterocycles. The van der Waals surface area contributed by atoms with Crippen LogP contribution in [0.2, 0.25) is 0 Å². The third-order valence-electron chi connectivity index (χ3n) is 4.01. The average Bonchev–Trinajstić information content (AvgIpc) is 2.83. The second-order valence-electron chi connectivity index (χ2n) is 5.49. The van der Waals surface area contributed by atoms with Gasteiger partial charge in [0, 0.05) is 19.6 Å². The number of ketones is 1. The highest BCUT2D eigenvalue weighted by atomic mass is 16.5. The summed E-state index contributed by atoms with van der Waals surface area (Å²) in [5.74, 6) is 0.287. The van der Waals surface area contributed by atoms with Crippen LogP contribution in [0.3, 0.4) is 0 Å². The van der Waals surface area contributed by atoms with Gasteiger partial charge >= 0.3 is 0 Å². The average molecular weight is 240 g/mol. The van der Waals surface area contributed by atoms with Crippen molar-refractivity contribution in [2.24, 2.45) is 0 Å². The van der Waals surface area contributed by atoms with Gasteiger partial charge in [0.2, 0.25) is 0 Å². The highest BCUT2D eigenvalue weighted by Gasteiger charge is 2.35. The lowest BCUT2D eigenvalue weighted by Crippen LogP contribution is -2.41. The predicted molar refractivity (Wildman–Crippen MR) is 66.0 cm³/mol. The zero-order valence-electron chi connectivity index (χ0n) is 10.9. The maximum atomic E-state index is 12.1. The molecule has 0 saturated carbocycles. The summed E-state index contributed by atoms with van der Waals surface area (Å²) >= 11 is 0. The molecule has 3 heteroatoms.